The number of hydrogen-bond donors (Lipinski definition) is 2. The fraction of sp³-hybridized carbons (Fsp3) is 0.533. The summed E-state index contributed by atoms with van der Waals surface area (Å²) in [5.41, 5.74) is 7.70. The smallest absolute Gasteiger partial charge is 0.106 e. The molecule has 0 aromatic heterocycles. The van der Waals surface area contributed by atoms with Crippen LogP contribution in [-0.4, -0.2) is 36.1 Å². The van der Waals surface area contributed by atoms with Crippen molar-refractivity contribution in [1.29, 1.82) is 0 Å². The number of hydrogen-bond acceptors (Lipinski definition) is 3. The maximum Gasteiger partial charge on any atom is 0.106 e. The normalized spacial score (nSPS) is 17.1. The molecule has 20 heavy (non-hydrogen) atoms. The Bertz CT molecular complexity index is 472. The minimum Gasteiger partial charge on any atom is -0.389 e. The summed E-state index contributed by atoms with van der Waals surface area (Å²) in [5, 5.41) is 3.48. The Morgan fingerprint density at radius 3 is 2.80 bits per heavy atom. The first-order valence-corrected chi connectivity index (χ1v) is 8.32. The van der Waals surface area contributed by atoms with E-state index in [4.69, 9.17) is 18.0 Å². The molecule has 1 aromatic rings. The van der Waals surface area contributed by atoms with Gasteiger partial charge in [0.05, 0.1) is 0 Å². The van der Waals surface area contributed by atoms with Gasteiger partial charge in [-0.25, -0.2) is 0 Å². The van der Waals surface area contributed by atoms with Crippen molar-refractivity contribution in [2.75, 3.05) is 31.5 Å². The van der Waals surface area contributed by atoms with Gasteiger partial charge in [0, 0.05) is 28.8 Å². The average molecular weight is 356 g/mol. The SMILES string of the molecule is CC(CNc1cc(Br)ccc1C(N)=S)CN1CCCC1. The second-order valence-corrected chi connectivity index (χ2v) is 6.90. The van der Waals surface area contributed by atoms with Crippen molar-refractivity contribution >= 4 is 38.8 Å². The van der Waals surface area contributed by atoms with Gasteiger partial charge in [0.15, 0.2) is 0 Å². The summed E-state index contributed by atoms with van der Waals surface area (Å²) in [6, 6.07) is 5.96. The molecule has 1 fully saturated rings. The summed E-state index contributed by atoms with van der Waals surface area (Å²) in [4.78, 5) is 2.98. The molecule has 2 rings (SSSR count). The van der Waals surface area contributed by atoms with Gasteiger partial charge in [0.2, 0.25) is 0 Å². The van der Waals surface area contributed by atoms with Gasteiger partial charge in [0.1, 0.15) is 4.99 Å². The Morgan fingerprint density at radius 1 is 1.45 bits per heavy atom. The van der Waals surface area contributed by atoms with Crippen LogP contribution in [0.1, 0.15) is 25.3 Å². The largest absolute Gasteiger partial charge is 0.389 e. The molecule has 1 atom stereocenters. The number of benzene rings is 1. The van der Waals surface area contributed by atoms with Crippen molar-refractivity contribution in [3.8, 4) is 0 Å². The van der Waals surface area contributed by atoms with Crippen LogP contribution in [0.4, 0.5) is 5.69 Å². The van der Waals surface area contributed by atoms with Gasteiger partial charge in [-0.15, -0.1) is 0 Å². The summed E-state index contributed by atoms with van der Waals surface area (Å²) < 4.78 is 1.03. The Hall–Kier alpha value is -0.650. The van der Waals surface area contributed by atoms with Crippen molar-refractivity contribution < 1.29 is 0 Å². The van der Waals surface area contributed by atoms with E-state index in [1.165, 1.54) is 25.9 Å². The molecule has 1 aliphatic rings. The van der Waals surface area contributed by atoms with Gasteiger partial charge in [0.25, 0.3) is 0 Å². The lowest BCUT2D eigenvalue weighted by Crippen LogP contribution is -2.29. The lowest BCUT2D eigenvalue weighted by Gasteiger charge is -2.21. The molecule has 1 heterocycles. The number of rotatable bonds is 6. The first kappa shape index (κ1) is 15.7. The molecule has 3 N–H and O–H groups in total. The summed E-state index contributed by atoms with van der Waals surface area (Å²) in [6.45, 7) is 6.87. The first-order chi connectivity index (χ1) is 9.56. The van der Waals surface area contributed by atoms with E-state index >= 15 is 0 Å². The van der Waals surface area contributed by atoms with E-state index in [9.17, 15) is 0 Å². The van der Waals surface area contributed by atoms with E-state index in [2.05, 4.69) is 33.1 Å². The summed E-state index contributed by atoms with van der Waals surface area (Å²) in [6.07, 6.45) is 2.69. The zero-order valence-electron chi connectivity index (χ0n) is 11.9. The average Bonchev–Trinajstić information content (AvgIpc) is 2.89. The van der Waals surface area contributed by atoms with Gasteiger partial charge < -0.3 is 16.0 Å². The van der Waals surface area contributed by atoms with E-state index < -0.39 is 0 Å². The minimum absolute atomic E-state index is 0.437. The van der Waals surface area contributed by atoms with Gasteiger partial charge in [-0.2, -0.15) is 0 Å². The number of nitrogens with one attached hydrogen (secondary N) is 1. The fourth-order valence-corrected chi connectivity index (χ4v) is 3.17. The molecule has 1 aliphatic heterocycles. The number of halogens is 1. The van der Waals surface area contributed by atoms with Crippen LogP contribution in [-0.2, 0) is 0 Å². The molecule has 1 aromatic carbocycles. The molecule has 0 saturated carbocycles. The zero-order valence-corrected chi connectivity index (χ0v) is 14.3. The second-order valence-electron chi connectivity index (χ2n) is 5.55. The lowest BCUT2D eigenvalue weighted by molar-refractivity contribution is 0.294. The van der Waals surface area contributed by atoms with Crippen molar-refractivity contribution in [2.45, 2.75) is 19.8 Å². The van der Waals surface area contributed by atoms with Crippen LogP contribution in [0, 0.1) is 5.92 Å². The van der Waals surface area contributed by atoms with Gasteiger partial charge >= 0.3 is 0 Å². The Balaban J connectivity index is 1.92. The number of nitrogens with zero attached hydrogens (tertiary/aromatic N) is 1. The number of likely N-dealkylation sites (tertiary alicyclic amines) is 1. The van der Waals surface area contributed by atoms with E-state index in [0.29, 0.717) is 10.9 Å². The Morgan fingerprint density at radius 2 is 2.15 bits per heavy atom. The highest BCUT2D eigenvalue weighted by atomic mass is 79.9. The van der Waals surface area contributed by atoms with E-state index in [-0.39, 0.29) is 0 Å². The van der Waals surface area contributed by atoms with E-state index in [1.807, 2.05) is 18.2 Å². The molecular weight excluding hydrogens is 334 g/mol. The van der Waals surface area contributed by atoms with Crippen LogP contribution in [0.25, 0.3) is 0 Å². The monoisotopic (exact) mass is 355 g/mol. The third-order valence-electron chi connectivity index (χ3n) is 3.66. The van der Waals surface area contributed by atoms with Crippen molar-refractivity contribution in [3.05, 3.63) is 28.2 Å². The highest BCUT2D eigenvalue weighted by molar-refractivity contribution is 9.10. The predicted molar refractivity (Wildman–Crippen MR) is 93.4 cm³/mol. The minimum atomic E-state index is 0.437. The fourth-order valence-electron chi connectivity index (χ4n) is 2.63. The van der Waals surface area contributed by atoms with Crippen LogP contribution in [0.2, 0.25) is 0 Å². The maximum absolute atomic E-state index is 5.77. The lowest BCUT2D eigenvalue weighted by atomic mass is 10.1. The van der Waals surface area contributed by atoms with Crippen LogP contribution in [0.3, 0.4) is 0 Å². The molecule has 0 radical (unpaired) electrons. The van der Waals surface area contributed by atoms with Crippen LogP contribution in [0.15, 0.2) is 22.7 Å². The third-order valence-corrected chi connectivity index (χ3v) is 4.37. The highest BCUT2D eigenvalue weighted by Gasteiger charge is 2.15. The van der Waals surface area contributed by atoms with Gasteiger partial charge in [-0.3, -0.25) is 0 Å². The van der Waals surface area contributed by atoms with Crippen LogP contribution < -0.4 is 11.1 Å². The molecule has 5 heteroatoms. The first-order valence-electron chi connectivity index (χ1n) is 7.12. The van der Waals surface area contributed by atoms with Crippen molar-refractivity contribution in [2.24, 2.45) is 11.7 Å². The molecule has 110 valence electrons. The Labute approximate surface area is 135 Å². The molecular formula is C15H22BrN3S. The van der Waals surface area contributed by atoms with Crippen molar-refractivity contribution in [1.82, 2.24) is 4.90 Å². The Kier molecular flexibility index (Phi) is 5.81. The van der Waals surface area contributed by atoms with Crippen LogP contribution in [0.5, 0.6) is 0 Å². The highest BCUT2D eigenvalue weighted by Crippen LogP contribution is 2.22. The summed E-state index contributed by atoms with van der Waals surface area (Å²) in [7, 11) is 0. The molecule has 0 bridgehead atoms. The maximum atomic E-state index is 5.77. The van der Waals surface area contributed by atoms with Crippen molar-refractivity contribution in [3.63, 3.8) is 0 Å². The number of thiocarbonyl (C=S) groups is 1. The molecule has 3 nitrogen and oxygen atoms in total. The summed E-state index contributed by atoms with van der Waals surface area (Å²) >= 11 is 8.59. The molecule has 0 spiro atoms. The van der Waals surface area contributed by atoms with Gasteiger partial charge in [-0.05, 0) is 50.0 Å². The van der Waals surface area contributed by atoms with Crippen LogP contribution >= 0.6 is 28.1 Å². The van der Waals surface area contributed by atoms with Gasteiger partial charge in [-0.1, -0.05) is 35.1 Å². The molecule has 1 saturated heterocycles. The second kappa shape index (κ2) is 7.38. The van der Waals surface area contributed by atoms with E-state index in [0.717, 1.165) is 28.8 Å². The topological polar surface area (TPSA) is 41.3 Å². The molecule has 1 unspecified atom stereocenters. The number of nitrogens with two attached hydrogens (primary N) is 1. The zero-order chi connectivity index (χ0) is 14.5. The summed E-state index contributed by atoms with van der Waals surface area (Å²) in [5.74, 6) is 0.603. The van der Waals surface area contributed by atoms with E-state index in [1.54, 1.807) is 0 Å². The molecule has 0 aliphatic carbocycles. The predicted octanol–water partition coefficient (Wildman–Crippen LogP) is 3.23. The molecule has 0 amide bonds. The third kappa shape index (κ3) is 4.43. The number of anilines is 1. The standard InChI is InChI=1S/C15H22BrN3S/c1-11(10-19-6-2-3-7-19)9-18-14-8-12(16)4-5-13(14)15(17)20/h4-5,8,11,18H,2-3,6-7,9-10H2,1H3,(H2,17,20). The quantitative estimate of drug-likeness (QED) is 0.768.